The Morgan fingerprint density at radius 1 is 1.20 bits per heavy atom. The summed E-state index contributed by atoms with van der Waals surface area (Å²) in [6.45, 7) is 1.24. The summed E-state index contributed by atoms with van der Waals surface area (Å²) in [5, 5.41) is 0. The number of aldehydes is 1. The molecule has 2 rings (SSSR count). The lowest BCUT2D eigenvalue weighted by Crippen LogP contribution is -2.00. The Balaban J connectivity index is 2.28. The number of hydrogen-bond acceptors (Lipinski definition) is 3. The van der Waals surface area contributed by atoms with Crippen LogP contribution >= 0.6 is 0 Å². The van der Waals surface area contributed by atoms with E-state index >= 15 is 0 Å². The lowest BCUT2D eigenvalue weighted by atomic mass is 10.1. The molecule has 1 heterocycles. The molecule has 1 saturated heterocycles. The molecule has 0 amide bonds. The summed E-state index contributed by atoms with van der Waals surface area (Å²) in [5.74, 6) is 0. The number of carbonyl (C=O) groups is 1. The number of carbonyl (C=O) groups excluding carboxylic acids is 1. The van der Waals surface area contributed by atoms with Gasteiger partial charge in [0, 0.05) is 5.56 Å². The minimum atomic E-state index is -0.294. The third-order valence-corrected chi connectivity index (χ3v) is 2.23. The van der Waals surface area contributed by atoms with Gasteiger partial charge >= 0.3 is 0 Å². The van der Waals surface area contributed by atoms with Crippen molar-refractivity contribution < 1.29 is 14.3 Å². The van der Waals surface area contributed by atoms with Crippen LogP contribution in [-0.4, -0.2) is 19.5 Å². The van der Waals surface area contributed by atoms with Gasteiger partial charge in [-0.05, 0) is 11.6 Å². The summed E-state index contributed by atoms with van der Waals surface area (Å²) in [7, 11) is 0. The molecular formula is C12H12O3. The van der Waals surface area contributed by atoms with Crippen molar-refractivity contribution in [2.75, 3.05) is 13.2 Å². The van der Waals surface area contributed by atoms with Gasteiger partial charge in [0.2, 0.25) is 0 Å². The van der Waals surface area contributed by atoms with E-state index in [1.165, 1.54) is 6.08 Å². The predicted molar refractivity (Wildman–Crippen MR) is 56.2 cm³/mol. The zero-order valence-electron chi connectivity index (χ0n) is 8.26. The Morgan fingerprint density at radius 2 is 1.93 bits per heavy atom. The van der Waals surface area contributed by atoms with Gasteiger partial charge in [-0.3, -0.25) is 4.79 Å². The molecule has 78 valence electrons. The van der Waals surface area contributed by atoms with Crippen LogP contribution in [0, 0.1) is 0 Å². The first kappa shape index (κ1) is 10.1. The van der Waals surface area contributed by atoms with E-state index < -0.39 is 0 Å². The van der Waals surface area contributed by atoms with Crippen molar-refractivity contribution in [2.24, 2.45) is 0 Å². The lowest BCUT2D eigenvalue weighted by molar-refractivity contribution is -0.104. The minimum absolute atomic E-state index is 0.294. The van der Waals surface area contributed by atoms with Crippen LogP contribution in [-0.2, 0) is 14.3 Å². The van der Waals surface area contributed by atoms with E-state index in [2.05, 4.69) is 0 Å². The van der Waals surface area contributed by atoms with Crippen LogP contribution in [0.25, 0.3) is 6.08 Å². The average molecular weight is 204 g/mol. The molecule has 0 unspecified atom stereocenters. The highest BCUT2D eigenvalue weighted by molar-refractivity contribution is 5.74. The van der Waals surface area contributed by atoms with Crippen molar-refractivity contribution in [1.29, 1.82) is 0 Å². The lowest BCUT2D eigenvalue weighted by Gasteiger charge is -2.11. The molecule has 15 heavy (non-hydrogen) atoms. The van der Waals surface area contributed by atoms with E-state index in [1.54, 1.807) is 6.08 Å². The first-order valence-corrected chi connectivity index (χ1v) is 4.86. The number of rotatable bonds is 3. The fourth-order valence-electron chi connectivity index (χ4n) is 1.56. The van der Waals surface area contributed by atoms with E-state index in [0.717, 1.165) is 17.4 Å². The highest BCUT2D eigenvalue weighted by Crippen LogP contribution is 2.26. The first-order valence-electron chi connectivity index (χ1n) is 4.86. The van der Waals surface area contributed by atoms with Crippen LogP contribution in [0.4, 0.5) is 0 Å². The summed E-state index contributed by atoms with van der Waals surface area (Å²) < 4.78 is 10.8. The highest BCUT2D eigenvalue weighted by Gasteiger charge is 2.19. The van der Waals surface area contributed by atoms with Gasteiger partial charge in [0.15, 0.2) is 6.29 Å². The maximum Gasteiger partial charge on any atom is 0.184 e. The molecule has 0 aromatic heterocycles. The van der Waals surface area contributed by atoms with Crippen LogP contribution in [0.15, 0.2) is 30.3 Å². The molecule has 0 atom stereocenters. The Morgan fingerprint density at radius 3 is 2.67 bits per heavy atom. The highest BCUT2D eigenvalue weighted by atomic mass is 16.7. The normalized spacial score (nSPS) is 17.3. The van der Waals surface area contributed by atoms with Gasteiger partial charge in [-0.1, -0.05) is 30.3 Å². The van der Waals surface area contributed by atoms with Crippen molar-refractivity contribution >= 4 is 12.4 Å². The SMILES string of the molecule is O=CC=Cc1ccccc1C1OCCO1. The molecule has 0 aliphatic carbocycles. The van der Waals surface area contributed by atoms with Gasteiger partial charge in [-0.15, -0.1) is 0 Å². The van der Waals surface area contributed by atoms with Crippen LogP contribution in [0.5, 0.6) is 0 Å². The fraction of sp³-hybridized carbons (Fsp3) is 0.250. The van der Waals surface area contributed by atoms with E-state index in [1.807, 2.05) is 24.3 Å². The molecule has 0 spiro atoms. The van der Waals surface area contributed by atoms with E-state index in [-0.39, 0.29) is 6.29 Å². The number of ether oxygens (including phenoxy) is 2. The van der Waals surface area contributed by atoms with Crippen LogP contribution in [0.2, 0.25) is 0 Å². The topological polar surface area (TPSA) is 35.5 Å². The molecule has 3 heteroatoms. The smallest absolute Gasteiger partial charge is 0.184 e. The number of allylic oxidation sites excluding steroid dienone is 1. The number of benzene rings is 1. The summed E-state index contributed by atoms with van der Waals surface area (Å²) in [4.78, 5) is 10.3. The van der Waals surface area contributed by atoms with Gasteiger partial charge in [0.05, 0.1) is 13.2 Å². The maximum atomic E-state index is 10.3. The minimum Gasteiger partial charge on any atom is -0.346 e. The molecule has 1 aromatic carbocycles. The zero-order chi connectivity index (χ0) is 10.5. The Bertz CT molecular complexity index is 365. The second-order valence-electron chi connectivity index (χ2n) is 3.20. The molecule has 0 saturated carbocycles. The third-order valence-electron chi connectivity index (χ3n) is 2.23. The predicted octanol–water partition coefficient (Wildman–Crippen LogP) is 1.94. The van der Waals surface area contributed by atoms with E-state index in [4.69, 9.17) is 9.47 Å². The average Bonchev–Trinajstić information content (AvgIpc) is 2.80. The second-order valence-corrected chi connectivity index (χ2v) is 3.20. The molecule has 0 bridgehead atoms. The molecule has 1 fully saturated rings. The third kappa shape index (κ3) is 2.32. The van der Waals surface area contributed by atoms with Crippen molar-refractivity contribution in [1.82, 2.24) is 0 Å². The van der Waals surface area contributed by atoms with Crippen molar-refractivity contribution in [3.05, 3.63) is 41.5 Å². The number of hydrogen-bond donors (Lipinski definition) is 0. The maximum absolute atomic E-state index is 10.3. The monoisotopic (exact) mass is 204 g/mol. The Hall–Kier alpha value is -1.45. The Labute approximate surface area is 88.3 Å². The molecule has 1 aliphatic rings. The second kappa shape index (κ2) is 4.87. The largest absolute Gasteiger partial charge is 0.346 e. The molecule has 1 aromatic rings. The molecule has 1 aliphatic heterocycles. The van der Waals surface area contributed by atoms with Gasteiger partial charge in [-0.2, -0.15) is 0 Å². The van der Waals surface area contributed by atoms with Crippen molar-refractivity contribution in [2.45, 2.75) is 6.29 Å². The van der Waals surface area contributed by atoms with Crippen LogP contribution in [0.3, 0.4) is 0 Å². The summed E-state index contributed by atoms with van der Waals surface area (Å²) >= 11 is 0. The van der Waals surface area contributed by atoms with Gasteiger partial charge in [-0.25, -0.2) is 0 Å². The van der Waals surface area contributed by atoms with Crippen LogP contribution < -0.4 is 0 Å². The van der Waals surface area contributed by atoms with Gasteiger partial charge in [0.1, 0.15) is 6.29 Å². The van der Waals surface area contributed by atoms with Crippen molar-refractivity contribution in [3.8, 4) is 0 Å². The summed E-state index contributed by atoms with van der Waals surface area (Å²) in [6, 6.07) is 7.72. The summed E-state index contributed by atoms with van der Waals surface area (Å²) in [6.07, 6.45) is 3.69. The van der Waals surface area contributed by atoms with E-state index in [9.17, 15) is 4.79 Å². The zero-order valence-corrected chi connectivity index (χ0v) is 8.26. The molecule has 0 radical (unpaired) electrons. The Kier molecular flexibility index (Phi) is 3.27. The van der Waals surface area contributed by atoms with Crippen molar-refractivity contribution in [3.63, 3.8) is 0 Å². The fourth-order valence-corrected chi connectivity index (χ4v) is 1.56. The quantitative estimate of drug-likeness (QED) is 0.557. The molecule has 0 N–H and O–H groups in total. The molecular weight excluding hydrogens is 192 g/mol. The van der Waals surface area contributed by atoms with Crippen LogP contribution in [0.1, 0.15) is 17.4 Å². The molecule has 3 nitrogen and oxygen atoms in total. The van der Waals surface area contributed by atoms with Gasteiger partial charge in [0.25, 0.3) is 0 Å². The summed E-state index contributed by atoms with van der Waals surface area (Å²) in [5.41, 5.74) is 1.92. The standard InChI is InChI=1S/C12H12O3/c13-7-3-5-10-4-1-2-6-11(10)12-14-8-9-15-12/h1-7,12H,8-9H2. The van der Waals surface area contributed by atoms with E-state index in [0.29, 0.717) is 13.2 Å². The van der Waals surface area contributed by atoms with Gasteiger partial charge < -0.3 is 9.47 Å². The first-order chi connectivity index (χ1) is 7.42.